The number of hydrogen-bond acceptors (Lipinski definition) is 4. The second-order valence-electron chi connectivity index (χ2n) is 6.98. The molecule has 5 rings (SSSR count). The molecule has 2 N–H and O–H groups in total. The minimum atomic E-state index is 0.374. The van der Waals surface area contributed by atoms with E-state index in [4.69, 9.17) is 15.5 Å². The van der Waals surface area contributed by atoms with Gasteiger partial charge in [0.25, 0.3) is 0 Å². The number of methoxy groups -OCH3 is 1. The summed E-state index contributed by atoms with van der Waals surface area (Å²) in [7, 11) is 1.62. The van der Waals surface area contributed by atoms with Gasteiger partial charge in [-0.1, -0.05) is 60.7 Å². The molecule has 0 atom stereocenters. The predicted octanol–water partition coefficient (Wildman–Crippen LogP) is 5.28. The van der Waals surface area contributed by atoms with Crippen LogP contribution in [0, 0.1) is 11.3 Å². The molecular formula is C25H18N4O. The van der Waals surface area contributed by atoms with Crippen LogP contribution in [0.3, 0.4) is 0 Å². The van der Waals surface area contributed by atoms with Crippen LogP contribution in [0.15, 0.2) is 78.9 Å². The first-order chi connectivity index (χ1) is 14.7. The summed E-state index contributed by atoms with van der Waals surface area (Å²) in [5.41, 5.74) is 11.3. The third kappa shape index (κ3) is 2.59. The van der Waals surface area contributed by atoms with E-state index in [1.54, 1.807) is 7.11 Å². The van der Waals surface area contributed by atoms with Crippen molar-refractivity contribution in [2.45, 2.75) is 0 Å². The summed E-state index contributed by atoms with van der Waals surface area (Å²) in [6.07, 6.45) is 0. The molecule has 3 aromatic carbocycles. The molecule has 0 saturated heterocycles. The van der Waals surface area contributed by atoms with Gasteiger partial charge in [0.1, 0.15) is 28.8 Å². The molecule has 2 heterocycles. The molecule has 0 bridgehead atoms. The molecule has 0 radical (unpaired) electrons. The van der Waals surface area contributed by atoms with Gasteiger partial charge in [-0.15, -0.1) is 0 Å². The van der Waals surface area contributed by atoms with Crippen molar-refractivity contribution < 1.29 is 4.74 Å². The Hall–Kier alpha value is -4.30. The largest absolute Gasteiger partial charge is 0.497 e. The number of nitrogens with zero attached hydrogens (tertiary/aromatic N) is 3. The van der Waals surface area contributed by atoms with Crippen molar-refractivity contribution in [3.63, 3.8) is 0 Å². The lowest BCUT2D eigenvalue weighted by molar-refractivity contribution is 0.415. The highest BCUT2D eigenvalue weighted by molar-refractivity contribution is 6.03. The minimum absolute atomic E-state index is 0.374. The molecule has 0 aliphatic heterocycles. The average molecular weight is 390 g/mol. The van der Waals surface area contributed by atoms with E-state index < -0.39 is 0 Å². The molecule has 5 nitrogen and oxygen atoms in total. The van der Waals surface area contributed by atoms with E-state index in [0.717, 1.165) is 33.3 Å². The second kappa shape index (κ2) is 6.94. The first kappa shape index (κ1) is 17.8. The molecule has 0 amide bonds. The Morgan fingerprint density at radius 1 is 0.900 bits per heavy atom. The number of nitrogens with two attached hydrogens (primary N) is 1. The Bertz CT molecular complexity index is 1430. The van der Waals surface area contributed by atoms with Crippen LogP contribution in [-0.2, 0) is 0 Å². The molecule has 5 aromatic rings. The van der Waals surface area contributed by atoms with Crippen LogP contribution >= 0.6 is 0 Å². The van der Waals surface area contributed by atoms with Crippen molar-refractivity contribution in [2.24, 2.45) is 0 Å². The number of aromatic nitrogens is 2. The molecule has 5 heteroatoms. The molecule has 0 unspecified atom stereocenters. The standard InChI is InChI=1S/C25H18N4O/c1-30-18-12-13-19-20(14-18)25-28-22(16-8-4-2-5-9-16)23(17-10-6-3-7-11-17)29(25)24(27)21(19)15-26/h2-14H,27H2,1H3. The van der Waals surface area contributed by atoms with Crippen LogP contribution < -0.4 is 10.5 Å². The number of benzene rings is 3. The molecule has 0 saturated carbocycles. The third-order valence-corrected chi connectivity index (χ3v) is 5.32. The van der Waals surface area contributed by atoms with Crippen molar-refractivity contribution >= 4 is 22.2 Å². The predicted molar refractivity (Wildman–Crippen MR) is 119 cm³/mol. The monoisotopic (exact) mass is 390 g/mol. The van der Waals surface area contributed by atoms with Gasteiger partial charge in [-0.3, -0.25) is 4.40 Å². The van der Waals surface area contributed by atoms with Crippen molar-refractivity contribution in [1.29, 1.82) is 5.26 Å². The zero-order chi connectivity index (χ0) is 20.7. The first-order valence-corrected chi connectivity index (χ1v) is 9.55. The summed E-state index contributed by atoms with van der Waals surface area (Å²) in [4.78, 5) is 5.02. The van der Waals surface area contributed by atoms with E-state index in [0.29, 0.717) is 22.8 Å². The van der Waals surface area contributed by atoms with E-state index in [1.165, 1.54) is 0 Å². The summed E-state index contributed by atoms with van der Waals surface area (Å²) in [5, 5.41) is 11.5. The quantitative estimate of drug-likeness (QED) is 0.454. The van der Waals surface area contributed by atoms with Gasteiger partial charge in [0.15, 0.2) is 0 Å². The van der Waals surface area contributed by atoms with Gasteiger partial charge < -0.3 is 10.5 Å². The molecule has 0 aliphatic carbocycles. The highest BCUT2D eigenvalue weighted by Gasteiger charge is 2.22. The maximum absolute atomic E-state index is 9.89. The lowest BCUT2D eigenvalue weighted by atomic mass is 10.0. The first-order valence-electron chi connectivity index (χ1n) is 9.55. The fraction of sp³-hybridized carbons (Fsp3) is 0.0400. The van der Waals surface area contributed by atoms with E-state index in [-0.39, 0.29) is 0 Å². The van der Waals surface area contributed by atoms with E-state index in [1.807, 2.05) is 83.3 Å². The van der Waals surface area contributed by atoms with Gasteiger partial charge in [-0.2, -0.15) is 5.26 Å². The fourth-order valence-electron chi connectivity index (χ4n) is 3.92. The second-order valence-corrected chi connectivity index (χ2v) is 6.98. The Morgan fingerprint density at radius 3 is 2.20 bits per heavy atom. The van der Waals surface area contributed by atoms with Gasteiger partial charge in [0.05, 0.1) is 18.5 Å². The van der Waals surface area contributed by atoms with E-state index in [2.05, 4.69) is 6.07 Å². The van der Waals surface area contributed by atoms with Gasteiger partial charge in [0.2, 0.25) is 0 Å². The van der Waals surface area contributed by atoms with Gasteiger partial charge in [-0.25, -0.2) is 4.98 Å². The van der Waals surface area contributed by atoms with E-state index >= 15 is 0 Å². The number of anilines is 1. The molecule has 0 aliphatic rings. The van der Waals surface area contributed by atoms with Crippen LogP contribution in [0.2, 0.25) is 0 Å². The van der Waals surface area contributed by atoms with Crippen molar-refractivity contribution in [1.82, 2.24) is 9.38 Å². The van der Waals surface area contributed by atoms with Gasteiger partial charge in [0, 0.05) is 21.9 Å². The zero-order valence-corrected chi connectivity index (χ0v) is 16.3. The molecular weight excluding hydrogens is 372 g/mol. The van der Waals surface area contributed by atoms with Crippen LogP contribution in [0.25, 0.3) is 38.9 Å². The Balaban J connectivity index is 2.02. The normalized spacial score (nSPS) is 10.9. The summed E-state index contributed by atoms with van der Waals surface area (Å²) >= 11 is 0. The SMILES string of the molecule is COc1ccc2c(C#N)c(N)n3c(-c4ccccc4)c(-c4ccccc4)nc3c2c1. The highest BCUT2D eigenvalue weighted by atomic mass is 16.5. The van der Waals surface area contributed by atoms with Crippen molar-refractivity contribution in [2.75, 3.05) is 12.8 Å². The third-order valence-electron chi connectivity index (χ3n) is 5.32. The summed E-state index contributed by atoms with van der Waals surface area (Å²) in [5.74, 6) is 1.07. The van der Waals surface area contributed by atoms with Crippen molar-refractivity contribution in [3.8, 4) is 34.3 Å². The number of hydrogen-bond donors (Lipinski definition) is 1. The van der Waals surface area contributed by atoms with Crippen LogP contribution in [-0.4, -0.2) is 16.5 Å². The minimum Gasteiger partial charge on any atom is -0.497 e. The number of fused-ring (bicyclic) bond motifs is 3. The Kier molecular flexibility index (Phi) is 4.11. The molecule has 30 heavy (non-hydrogen) atoms. The Labute approximate surface area is 173 Å². The summed E-state index contributed by atoms with van der Waals surface area (Å²) < 4.78 is 7.32. The van der Waals surface area contributed by atoms with Crippen LogP contribution in [0.5, 0.6) is 5.75 Å². The number of nitriles is 1. The summed E-state index contributed by atoms with van der Waals surface area (Å²) in [6.45, 7) is 0. The highest BCUT2D eigenvalue weighted by Crippen LogP contribution is 2.39. The maximum Gasteiger partial charge on any atom is 0.147 e. The molecule has 0 spiro atoms. The number of rotatable bonds is 3. The number of nitrogen functional groups attached to an aromatic ring is 1. The molecule has 0 fully saturated rings. The zero-order valence-electron chi connectivity index (χ0n) is 16.3. The Morgan fingerprint density at radius 2 is 1.57 bits per heavy atom. The fourth-order valence-corrected chi connectivity index (χ4v) is 3.92. The average Bonchev–Trinajstić information content (AvgIpc) is 3.22. The topological polar surface area (TPSA) is 76.3 Å². The van der Waals surface area contributed by atoms with Gasteiger partial charge in [-0.05, 0) is 18.2 Å². The maximum atomic E-state index is 9.89. The van der Waals surface area contributed by atoms with Crippen LogP contribution in [0.1, 0.15) is 5.56 Å². The molecule has 144 valence electrons. The lowest BCUT2D eigenvalue weighted by Crippen LogP contribution is -2.03. The lowest BCUT2D eigenvalue weighted by Gasteiger charge is -2.12. The number of ether oxygens (including phenoxy) is 1. The van der Waals surface area contributed by atoms with Crippen molar-refractivity contribution in [3.05, 3.63) is 84.4 Å². The van der Waals surface area contributed by atoms with Crippen LogP contribution in [0.4, 0.5) is 5.82 Å². The van der Waals surface area contributed by atoms with Gasteiger partial charge >= 0.3 is 0 Å². The summed E-state index contributed by atoms with van der Waals surface area (Å²) in [6, 6.07) is 27.9. The molecule has 2 aromatic heterocycles. The smallest absolute Gasteiger partial charge is 0.147 e. The van der Waals surface area contributed by atoms with E-state index in [9.17, 15) is 5.26 Å². The number of pyridine rings is 1. The number of imidazole rings is 1.